The zero-order valence-electron chi connectivity index (χ0n) is 12.2. The Labute approximate surface area is 125 Å². The SMILES string of the molecule is c1c(CNC2CCOC3(CCCC3)C2)sc2c1CCC2. The lowest BCUT2D eigenvalue weighted by atomic mass is 9.89. The molecule has 3 aliphatic rings. The van der Waals surface area contributed by atoms with E-state index in [1.165, 1.54) is 57.8 Å². The fraction of sp³-hybridized carbons (Fsp3) is 0.765. The first-order valence-corrected chi connectivity index (χ1v) is 9.12. The summed E-state index contributed by atoms with van der Waals surface area (Å²) >= 11 is 2.04. The number of ether oxygens (including phenoxy) is 1. The van der Waals surface area contributed by atoms with Gasteiger partial charge in [-0.3, -0.25) is 0 Å². The summed E-state index contributed by atoms with van der Waals surface area (Å²) in [5.41, 5.74) is 1.87. The Hall–Kier alpha value is -0.380. The molecule has 0 aromatic carbocycles. The van der Waals surface area contributed by atoms with E-state index < -0.39 is 0 Å². The highest BCUT2D eigenvalue weighted by Gasteiger charge is 2.39. The largest absolute Gasteiger partial charge is 0.375 e. The Morgan fingerprint density at radius 2 is 2.15 bits per heavy atom. The molecule has 2 heterocycles. The Morgan fingerprint density at radius 3 is 3.00 bits per heavy atom. The molecule has 1 saturated heterocycles. The van der Waals surface area contributed by atoms with Gasteiger partial charge in [-0.25, -0.2) is 0 Å². The monoisotopic (exact) mass is 291 g/mol. The van der Waals surface area contributed by atoms with Crippen molar-refractivity contribution in [2.45, 2.75) is 76.0 Å². The van der Waals surface area contributed by atoms with Crippen molar-refractivity contribution >= 4 is 11.3 Å². The molecule has 1 atom stereocenters. The average Bonchev–Trinajstić information content (AvgIpc) is 3.13. The molecule has 4 rings (SSSR count). The second-order valence-electron chi connectivity index (χ2n) is 6.82. The molecule has 0 bridgehead atoms. The predicted molar refractivity (Wildman–Crippen MR) is 83.4 cm³/mol. The number of aryl methyl sites for hydroxylation is 2. The van der Waals surface area contributed by atoms with E-state index >= 15 is 0 Å². The van der Waals surface area contributed by atoms with Crippen LogP contribution in [0, 0.1) is 0 Å². The Bertz CT molecular complexity index is 454. The van der Waals surface area contributed by atoms with Crippen molar-refractivity contribution in [1.82, 2.24) is 5.32 Å². The Morgan fingerprint density at radius 1 is 1.25 bits per heavy atom. The Balaban J connectivity index is 1.34. The van der Waals surface area contributed by atoms with E-state index in [1.807, 2.05) is 11.3 Å². The first-order valence-electron chi connectivity index (χ1n) is 8.31. The van der Waals surface area contributed by atoms with Gasteiger partial charge < -0.3 is 10.1 Å². The highest BCUT2D eigenvalue weighted by Crippen LogP contribution is 2.40. The van der Waals surface area contributed by atoms with Crippen molar-refractivity contribution in [3.05, 3.63) is 21.4 Å². The Kier molecular flexibility index (Phi) is 3.61. The summed E-state index contributed by atoms with van der Waals surface area (Å²) in [5, 5.41) is 3.81. The van der Waals surface area contributed by atoms with Gasteiger partial charge in [0.05, 0.1) is 5.60 Å². The van der Waals surface area contributed by atoms with Crippen molar-refractivity contribution in [2.24, 2.45) is 0 Å². The van der Waals surface area contributed by atoms with E-state index in [2.05, 4.69) is 11.4 Å². The topological polar surface area (TPSA) is 21.3 Å². The molecule has 20 heavy (non-hydrogen) atoms. The van der Waals surface area contributed by atoms with Gasteiger partial charge in [-0.15, -0.1) is 11.3 Å². The van der Waals surface area contributed by atoms with Gasteiger partial charge in [0.2, 0.25) is 0 Å². The van der Waals surface area contributed by atoms with Crippen LogP contribution in [0.3, 0.4) is 0 Å². The second-order valence-corrected chi connectivity index (χ2v) is 8.05. The molecule has 0 radical (unpaired) electrons. The smallest absolute Gasteiger partial charge is 0.0697 e. The van der Waals surface area contributed by atoms with Crippen molar-refractivity contribution in [1.29, 1.82) is 0 Å². The summed E-state index contributed by atoms with van der Waals surface area (Å²) in [7, 11) is 0. The molecule has 3 heteroatoms. The van der Waals surface area contributed by atoms with Gasteiger partial charge >= 0.3 is 0 Å². The van der Waals surface area contributed by atoms with Crippen LogP contribution in [-0.4, -0.2) is 18.2 Å². The van der Waals surface area contributed by atoms with Crippen molar-refractivity contribution in [3.8, 4) is 0 Å². The number of rotatable bonds is 3. The first-order chi connectivity index (χ1) is 9.83. The number of thiophene rings is 1. The molecule has 1 spiro atoms. The van der Waals surface area contributed by atoms with Crippen molar-refractivity contribution < 1.29 is 4.74 Å². The van der Waals surface area contributed by atoms with E-state index in [0.29, 0.717) is 6.04 Å². The molecule has 2 aliphatic carbocycles. The van der Waals surface area contributed by atoms with Crippen LogP contribution in [0.25, 0.3) is 0 Å². The maximum atomic E-state index is 6.12. The summed E-state index contributed by atoms with van der Waals surface area (Å²) < 4.78 is 6.12. The summed E-state index contributed by atoms with van der Waals surface area (Å²) in [6, 6.07) is 3.11. The third kappa shape index (κ3) is 2.56. The van der Waals surface area contributed by atoms with Crippen LogP contribution in [0.2, 0.25) is 0 Å². The molecule has 1 aliphatic heterocycles. The maximum absolute atomic E-state index is 6.12. The molecular formula is C17H25NOS. The summed E-state index contributed by atoms with van der Waals surface area (Å²) in [5.74, 6) is 0. The van der Waals surface area contributed by atoms with Gasteiger partial charge in [0.1, 0.15) is 0 Å². The van der Waals surface area contributed by atoms with Crippen LogP contribution >= 0.6 is 11.3 Å². The molecule has 1 saturated carbocycles. The van der Waals surface area contributed by atoms with E-state index in [1.54, 1.807) is 15.3 Å². The number of nitrogens with one attached hydrogen (secondary N) is 1. The fourth-order valence-electron chi connectivity index (χ4n) is 4.29. The van der Waals surface area contributed by atoms with Gasteiger partial charge in [-0.1, -0.05) is 12.8 Å². The highest BCUT2D eigenvalue weighted by molar-refractivity contribution is 7.12. The average molecular weight is 291 g/mol. The standard InChI is InChI=1S/C17H25NOS/c1-2-8-17(7-1)11-14(6-9-19-17)18-12-15-10-13-4-3-5-16(13)20-15/h10,14,18H,1-9,11-12H2. The summed E-state index contributed by atoms with van der Waals surface area (Å²) in [6.07, 6.45) is 11.7. The molecule has 110 valence electrons. The van der Waals surface area contributed by atoms with Gasteiger partial charge in [0, 0.05) is 28.9 Å². The van der Waals surface area contributed by atoms with Crippen LogP contribution in [0.4, 0.5) is 0 Å². The third-order valence-corrected chi connectivity index (χ3v) is 6.61. The molecule has 1 aromatic rings. The maximum Gasteiger partial charge on any atom is 0.0697 e. The van der Waals surface area contributed by atoms with Crippen LogP contribution in [0.5, 0.6) is 0 Å². The third-order valence-electron chi connectivity index (χ3n) is 5.37. The van der Waals surface area contributed by atoms with E-state index in [9.17, 15) is 0 Å². The molecule has 1 N–H and O–H groups in total. The van der Waals surface area contributed by atoms with Gasteiger partial charge in [0.15, 0.2) is 0 Å². The van der Waals surface area contributed by atoms with Crippen LogP contribution < -0.4 is 5.32 Å². The summed E-state index contributed by atoms with van der Waals surface area (Å²) in [4.78, 5) is 3.20. The minimum absolute atomic E-state index is 0.243. The lowest BCUT2D eigenvalue weighted by Crippen LogP contribution is -2.45. The van der Waals surface area contributed by atoms with E-state index in [-0.39, 0.29) is 5.60 Å². The molecule has 2 nitrogen and oxygen atoms in total. The normalized spacial score (nSPS) is 28.1. The predicted octanol–water partition coefficient (Wildman–Crippen LogP) is 3.82. The quantitative estimate of drug-likeness (QED) is 0.914. The van der Waals surface area contributed by atoms with Crippen molar-refractivity contribution in [3.63, 3.8) is 0 Å². The second kappa shape index (κ2) is 5.43. The molecule has 2 fully saturated rings. The first kappa shape index (κ1) is 13.3. The number of fused-ring (bicyclic) bond motifs is 1. The van der Waals surface area contributed by atoms with Crippen molar-refractivity contribution in [2.75, 3.05) is 6.61 Å². The zero-order chi connectivity index (χ0) is 13.4. The van der Waals surface area contributed by atoms with Crippen LogP contribution in [0.15, 0.2) is 6.07 Å². The van der Waals surface area contributed by atoms with Gasteiger partial charge in [0.25, 0.3) is 0 Å². The molecular weight excluding hydrogens is 266 g/mol. The summed E-state index contributed by atoms with van der Waals surface area (Å²) in [6.45, 7) is 2.02. The minimum Gasteiger partial charge on any atom is -0.375 e. The van der Waals surface area contributed by atoms with E-state index in [4.69, 9.17) is 4.74 Å². The number of hydrogen-bond acceptors (Lipinski definition) is 3. The minimum atomic E-state index is 0.243. The molecule has 1 unspecified atom stereocenters. The lowest BCUT2D eigenvalue weighted by Gasteiger charge is -2.38. The van der Waals surface area contributed by atoms with Crippen LogP contribution in [-0.2, 0) is 24.1 Å². The number of hydrogen-bond donors (Lipinski definition) is 1. The fourth-order valence-corrected chi connectivity index (χ4v) is 5.50. The van der Waals surface area contributed by atoms with Gasteiger partial charge in [-0.05, 0) is 56.6 Å². The van der Waals surface area contributed by atoms with Crippen LogP contribution in [0.1, 0.15) is 60.3 Å². The van der Waals surface area contributed by atoms with E-state index in [0.717, 1.165) is 13.2 Å². The molecule has 1 aromatic heterocycles. The molecule has 0 amide bonds. The highest BCUT2D eigenvalue weighted by atomic mass is 32.1. The zero-order valence-corrected chi connectivity index (χ0v) is 13.1. The van der Waals surface area contributed by atoms with Gasteiger partial charge in [-0.2, -0.15) is 0 Å². The lowest BCUT2D eigenvalue weighted by molar-refractivity contribution is -0.0837.